The molecule has 2 aromatic rings. The normalized spacial score (nSPS) is 20.7. The van der Waals surface area contributed by atoms with E-state index in [4.69, 9.17) is 14.5 Å². The Balaban J connectivity index is 1.61. The maximum Gasteiger partial charge on any atom is 0.337 e. The number of carbonyl (C=O) groups excluding carboxylic acids is 3. The summed E-state index contributed by atoms with van der Waals surface area (Å²) < 4.78 is 9.75. The fraction of sp³-hybridized carbons (Fsp3) is 0.357. The van der Waals surface area contributed by atoms with Gasteiger partial charge in [0.25, 0.3) is 5.91 Å². The number of benzene rings is 2. The van der Waals surface area contributed by atoms with Gasteiger partial charge in [0.05, 0.1) is 36.7 Å². The molecular weight excluding hydrogens is 522 g/mol. The lowest BCUT2D eigenvalue weighted by Crippen LogP contribution is -2.40. The Bertz CT molecular complexity index is 1320. The molecule has 0 spiro atoms. The Labute approximate surface area is 230 Å². The van der Waals surface area contributed by atoms with E-state index < -0.39 is 11.9 Å². The molecule has 0 radical (unpaired) electrons. The van der Waals surface area contributed by atoms with E-state index in [1.54, 1.807) is 23.9 Å². The molecule has 2 aromatic carbocycles. The van der Waals surface area contributed by atoms with Crippen molar-refractivity contribution < 1.29 is 23.9 Å². The SMILES string of the molecule is CCN1/C(=C2/SC(=Nc3cc(C(=O)OC)cc(C(=O)OC)c3)N(C3CCCCC3)C2=O)Sc2ccccc21. The molecule has 38 heavy (non-hydrogen) atoms. The average Bonchev–Trinajstić information content (AvgIpc) is 3.48. The van der Waals surface area contributed by atoms with Crippen molar-refractivity contribution in [1.82, 2.24) is 4.90 Å². The number of ether oxygens (including phenoxy) is 2. The predicted octanol–water partition coefficient (Wildman–Crippen LogP) is 5.96. The zero-order valence-electron chi connectivity index (χ0n) is 21.6. The maximum atomic E-state index is 14.0. The third-order valence-corrected chi connectivity index (χ3v) is 9.21. The van der Waals surface area contributed by atoms with E-state index in [0.717, 1.165) is 54.3 Å². The van der Waals surface area contributed by atoms with E-state index in [1.807, 2.05) is 17.0 Å². The fourth-order valence-electron chi connectivity index (χ4n) is 5.03. The first-order chi connectivity index (χ1) is 18.4. The van der Waals surface area contributed by atoms with Crippen molar-refractivity contribution in [2.24, 2.45) is 4.99 Å². The molecule has 8 nitrogen and oxygen atoms in total. The van der Waals surface area contributed by atoms with Crippen LogP contribution in [-0.4, -0.2) is 54.7 Å². The number of hydrogen-bond acceptors (Lipinski definition) is 9. The topological polar surface area (TPSA) is 88.5 Å². The number of nitrogens with zero attached hydrogens (tertiary/aromatic N) is 3. The van der Waals surface area contributed by atoms with Gasteiger partial charge >= 0.3 is 11.9 Å². The first-order valence-corrected chi connectivity index (χ1v) is 14.3. The number of amides is 1. The van der Waals surface area contributed by atoms with Gasteiger partial charge in [-0.25, -0.2) is 14.6 Å². The van der Waals surface area contributed by atoms with Crippen LogP contribution in [0.2, 0.25) is 0 Å². The highest BCUT2D eigenvalue weighted by Crippen LogP contribution is 2.51. The summed E-state index contributed by atoms with van der Waals surface area (Å²) >= 11 is 2.96. The predicted molar refractivity (Wildman–Crippen MR) is 150 cm³/mol. The van der Waals surface area contributed by atoms with Gasteiger partial charge in [-0.2, -0.15) is 0 Å². The van der Waals surface area contributed by atoms with E-state index in [-0.39, 0.29) is 23.1 Å². The molecule has 1 saturated carbocycles. The van der Waals surface area contributed by atoms with E-state index in [9.17, 15) is 14.4 Å². The number of rotatable bonds is 5. The molecule has 1 aliphatic carbocycles. The number of carbonyl (C=O) groups is 3. The quantitative estimate of drug-likeness (QED) is 0.332. The van der Waals surface area contributed by atoms with Crippen LogP contribution in [0.4, 0.5) is 11.4 Å². The number of amidine groups is 1. The monoisotopic (exact) mass is 551 g/mol. The number of methoxy groups -OCH3 is 2. The molecule has 1 saturated heterocycles. The first-order valence-electron chi connectivity index (χ1n) is 12.7. The number of fused-ring (bicyclic) bond motifs is 1. The molecule has 10 heteroatoms. The van der Waals surface area contributed by atoms with Gasteiger partial charge in [-0.3, -0.25) is 9.69 Å². The molecule has 0 N–H and O–H groups in total. The Morgan fingerprint density at radius 3 is 2.26 bits per heavy atom. The summed E-state index contributed by atoms with van der Waals surface area (Å²) in [5.41, 5.74) is 1.85. The minimum Gasteiger partial charge on any atom is -0.465 e. The van der Waals surface area contributed by atoms with Crippen LogP contribution in [-0.2, 0) is 14.3 Å². The number of aliphatic imine (C=N–C) groups is 1. The highest BCUT2D eigenvalue weighted by Gasteiger charge is 2.43. The van der Waals surface area contributed by atoms with Crippen molar-refractivity contribution in [2.75, 3.05) is 25.7 Å². The van der Waals surface area contributed by atoms with E-state index in [0.29, 0.717) is 15.8 Å². The van der Waals surface area contributed by atoms with Crippen LogP contribution in [0.25, 0.3) is 0 Å². The van der Waals surface area contributed by atoms with Gasteiger partial charge < -0.3 is 14.4 Å². The molecule has 2 heterocycles. The van der Waals surface area contributed by atoms with Gasteiger partial charge in [0.2, 0.25) is 0 Å². The molecule has 5 rings (SSSR count). The molecular formula is C28H29N3O5S2. The lowest BCUT2D eigenvalue weighted by Gasteiger charge is -2.30. The lowest BCUT2D eigenvalue weighted by molar-refractivity contribution is -0.124. The van der Waals surface area contributed by atoms with Crippen molar-refractivity contribution >= 4 is 57.9 Å². The van der Waals surface area contributed by atoms with Gasteiger partial charge in [0.1, 0.15) is 9.93 Å². The van der Waals surface area contributed by atoms with Crippen molar-refractivity contribution in [3.05, 3.63) is 63.5 Å². The number of thioether (sulfide) groups is 2. The van der Waals surface area contributed by atoms with Crippen LogP contribution < -0.4 is 4.90 Å². The zero-order chi connectivity index (χ0) is 26.8. The van der Waals surface area contributed by atoms with Gasteiger partial charge in [-0.1, -0.05) is 43.2 Å². The first kappa shape index (κ1) is 26.4. The summed E-state index contributed by atoms with van der Waals surface area (Å²) in [5, 5.41) is 1.46. The summed E-state index contributed by atoms with van der Waals surface area (Å²) in [6, 6.07) is 12.8. The summed E-state index contributed by atoms with van der Waals surface area (Å²) in [5.74, 6) is -1.22. The highest BCUT2D eigenvalue weighted by molar-refractivity contribution is 8.19. The van der Waals surface area contributed by atoms with E-state index >= 15 is 0 Å². The Kier molecular flexibility index (Phi) is 7.80. The fourth-order valence-corrected chi connectivity index (χ4v) is 7.48. The van der Waals surface area contributed by atoms with Crippen LogP contribution in [0.1, 0.15) is 59.7 Å². The number of esters is 2. The molecule has 2 fully saturated rings. The molecule has 1 amide bonds. The van der Waals surface area contributed by atoms with Crippen LogP contribution in [0, 0.1) is 0 Å². The smallest absolute Gasteiger partial charge is 0.337 e. The van der Waals surface area contributed by atoms with Crippen LogP contribution >= 0.6 is 23.5 Å². The zero-order valence-corrected chi connectivity index (χ0v) is 23.2. The van der Waals surface area contributed by atoms with Crippen LogP contribution in [0.15, 0.2) is 62.3 Å². The molecule has 2 aliphatic heterocycles. The molecule has 3 aliphatic rings. The molecule has 0 atom stereocenters. The number of anilines is 1. The van der Waals surface area contributed by atoms with Gasteiger partial charge in [-0.15, -0.1) is 0 Å². The van der Waals surface area contributed by atoms with Crippen LogP contribution in [0.3, 0.4) is 0 Å². The van der Waals surface area contributed by atoms with Crippen molar-refractivity contribution in [3.8, 4) is 0 Å². The Morgan fingerprint density at radius 1 is 0.974 bits per heavy atom. The van der Waals surface area contributed by atoms with Gasteiger partial charge in [0.15, 0.2) is 5.17 Å². The summed E-state index contributed by atoms with van der Waals surface area (Å²) in [7, 11) is 2.56. The van der Waals surface area contributed by atoms with Crippen molar-refractivity contribution in [2.45, 2.75) is 50.0 Å². The van der Waals surface area contributed by atoms with E-state index in [1.165, 1.54) is 32.0 Å². The largest absolute Gasteiger partial charge is 0.465 e. The third-order valence-electron chi connectivity index (χ3n) is 6.86. The van der Waals surface area contributed by atoms with E-state index in [2.05, 4.69) is 24.0 Å². The molecule has 198 valence electrons. The van der Waals surface area contributed by atoms with Gasteiger partial charge in [0, 0.05) is 17.5 Å². The van der Waals surface area contributed by atoms with Crippen LogP contribution in [0.5, 0.6) is 0 Å². The summed E-state index contributed by atoms with van der Waals surface area (Å²) in [6.07, 6.45) is 5.10. The molecule has 0 bridgehead atoms. The maximum absolute atomic E-state index is 14.0. The van der Waals surface area contributed by atoms with Crippen molar-refractivity contribution in [1.29, 1.82) is 0 Å². The second-order valence-corrected chi connectivity index (χ2v) is 11.2. The standard InChI is InChI=1S/C28H29N3O5S2/c1-4-30-21-12-8-9-13-22(21)37-25(30)23-24(32)31(20-10-6-5-7-11-20)28(38-23)29-19-15-17(26(33)35-2)14-18(16-19)27(34)36-3/h8-9,12-16,20H,4-7,10-11H2,1-3H3/b25-23-,29-28?. The lowest BCUT2D eigenvalue weighted by atomic mass is 9.94. The molecule has 0 aromatic heterocycles. The minimum absolute atomic E-state index is 0.0493. The van der Waals surface area contributed by atoms with Gasteiger partial charge in [-0.05, 0) is 61.9 Å². The average molecular weight is 552 g/mol. The Morgan fingerprint density at radius 2 is 1.63 bits per heavy atom. The highest BCUT2D eigenvalue weighted by atomic mass is 32.2. The Hall–Kier alpha value is -3.24. The summed E-state index contributed by atoms with van der Waals surface area (Å²) in [6.45, 7) is 2.81. The second-order valence-electron chi connectivity index (χ2n) is 9.16. The summed E-state index contributed by atoms with van der Waals surface area (Å²) in [4.78, 5) is 49.3. The second kappa shape index (κ2) is 11.2. The number of para-hydroxylation sites is 1. The minimum atomic E-state index is -0.585. The molecule has 0 unspecified atom stereocenters. The van der Waals surface area contributed by atoms with Crippen molar-refractivity contribution in [3.63, 3.8) is 0 Å². The number of hydrogen-bond donors (Lipinski definition) is 0. The third kappa shape index (κ3) is 4.94.